The average Bonchev–Trinajstić information content (AvgIpc) is 2.68. The van der Waals surface area contributed by atoms with Gasteiger partial charge in [-0.15, -0.1) is 0 Å². The lowest BCUT2D eigenvalue weighted by Gasteiger charge is -2.26. The number of halogens is 1. The zero-order valence-corrected chi connectivity index (χ0v) is 10.6. The second kappa shape index (κ2) is 5.01. The van der Waals surface area contributed by atoms with Gasteiger partial charge in [-0.3, -0.25) is 4.79 Å². The largest absolute Gasteiger partial charge is 0.356 e. The first kappa shape index (κ1) is 11.7. The van der Waals surface area contributed by atoms with Gasteiger partial charge in [0, 0.05) is 22.8 Å². The second-order valence-electron chi connectivity index (χ2n) is 4.32. The van der Waals surface area contributed by atoms with Crippen LogP contribution in [0.4, 0.5) is 0 Å². The molecule has 1 saturated carbocycles. The molecule has 0 unspecified atom stereocenters. The van der Waals surface area contributed by atoms with E-state index in [1.54, 1.807) is 12.3 Å². The van der Waals surface area contributed by atoms with Gasteiger partial charge in [-0.05, 0) is 47.7 Å². The maximum absolute atomic E-state index is 11.8. The van der Waals surface area contributed by atoms with E-state index in [9.17, 15) is 4.79 Å². The van der Waals surface area contributed by atoms with Crippen LogP contribution in [0, 0.1) is 0 Å². The summed E-state index contributed by atoms with van der Waals surface area (Å²) in [6.07, 6.45) is 5.72. The summed E-state index contributed by atoms with van der Waals surface area (Å²) in [6.45, 7) is 0. The van der Waals surface area contributed by atoms with Gasteiger partial charge in [0.1, 0.15) is 5.69 Å². The number of carbonyl (C=O) groups is 1. The number of rotatable bonds is 2. The van der Waals surface area contributed by atoms with Gasteiger partial charge in [-0.25, -0.2) is 0 Å². The third-order valence-electron chi connectivity index (χ3n) is 3.00. The van der Waals surface area contributed by atoms with Crippen LogP contribution in [0.2, 0.25) is 0 Å². The Kier molecular flexibility index (Phi) is 3.66. The molecule has 88 valence electrons. The molecule has 0 bridgehead atoms. The van der Waals surface area contributed by atoms with Crippen molar-refractivity contribution in [2.45, 2.75) is 37.8 Å². The predicted molar refractivity (Wildman–Crippen MR) is 66.2 cm³/mol. The van der Waals surface area contributed by atoms with Crippen molar-refractivity contribution < 1.29 is 4.79 Å². The van der Waals surface area contributed by atoms with E-state index in [2.05, 4.69) is 26.2 Å². The molecule has 0 atom stereocenters. The zero-order chi connectivity index (χ0) is 11.5. The number of aromatic nitrogens is 1. The molecule has 1 aromatic rings. The van der Waals surface area contributed by atoms with E-state index in [-0.39, 0.29) is 11.9 Å². The lowest BCUT2D eigenvalue weighted by Crippen LogP contribution is -2.40. The molecule has 1 aromatic heterocycles. The molecule has 0 aliphatic heterocycles. The number of hydrogen-bond donors (Lipinski definition) is 3. The topological polar surface area (TPSA) is 70.9 Å². The Hall–Kier alpha value is -0.810. The molecule has 5 heteroatoms. The Labute approximate surface area is 103 Å². The Morgan fingerprint density at radius 3 is 2.69 bits per heavy atom. The fourth-order valence-electron chi connectivity index (χ4n) is 2.03. The molecule has 1 amide bonds. The van der Waals surface area contributed by atoms with E-state index >= 15 is 0 Å². The molecule has 4 nitrogen and oxygen atoms in total. The molecular formula is C11H16BrN3O. The first-order valence-corrected chi connectivity index (χ1v) is 6.35. The van der Waals surface area contributed by atoms with Gasteiger partial charge in [0.2, 0.25) is 0 Å². The van der Waals surface area contributed by atoms with Crippen molar-refractivity contribution in [3.05, 3.63) is 22.4 Å². The third-order valence-corrected chi connectivity index (χ3v) is 3.46. The lowest BCUT2D eigenvalue weighted by atomic mass is 9.92. The van der Waals surface area contributed by atoms with Crippen LogP contribution in [-0.4, -0.2) is 23.0 Å². The van der Waals surface area contributed by atoms with Crippen molar-refractivity contribution in [2.24, 2.45) is 5.73 Å². The molecule has 1 aliphatic rings. The first-order chi connectivity index (χ1) is 7.65. The number of hydrogen-bond acceptors (Lipinski definition) is 2. The third kappa shape index (κ3) is 2.86. The van der Waals surface area contributed by atoms with E-state index < -0.39 is 0 Å². The Morgan fingerprint density at radius 1 is 1.44 bits per heavy atom. The molecule has 1 heterocycles. The minimum Gasteiger partial charge on any atom is -0.356 e. The predicted octanol–water partition coefficient (Wildman–Crippen LogP) is 1.78. The summed E-state index contributed by atoms with van der Waals surface area (Å²) < 4.78 is 0.892. The van der Waals surface area contributed by atoms with Gasteiger partial charge in [0.05, 0.1) is 0 Å². The van der Waals surface area contributed by atoms with Crippen molar-refractivity contribution in [1.82, 2.24) is 10.3 Å². The summed E-state index contributed by atoms with van der Waals surface area (Å²) in [6, 6.07) is 2.37. The van der Waals surface area contributed by atoms with Crippen molar-refractivity contribution >= 4 is 21.8 Å². The molecular weight excluding hydrogens is 270 g/mol. The van der Waals surface area contributed by atoms with Crippen LogP contribution in [0.5, 0.6) is 0 Å². The first-order valence-electron chi connectivity index (χ1n) is 5.55. The normalized spacial score (nSPS) is 25.4. The van der Waals surface area contributed by atoms with Crippen LogP contribution in [0.25, 0.3) is 0 Å². The summed E-state index contributed by atoms with van der Waals surface area (Å²) >= 11 is 3.31. The van der Waals surface area contributed by atoms with Crippen LogP contribution < -0.4 is 11.1 Å². The number of nitrogens with one attached hydrogen (secondary N) is 2. The maximum atomic E-state index is 11.8. The van der Waals surface area contributed by atoms with Gasteiger partial charge >= 0.3 is 0 Å². The number of H-pyrrole nitrogens is 1. The van der Waals surface area contributed by atoms with Crippen LogP contribution >= 0.6 is 15.9 Å². The number of carbonyl (C=O) groups excluding carboxylic acids is 1. The number of amides is 1. The summed E-state index contributed by atoms with van der Waals surface area (Å²) in [5, 5.41) is 3.02. The van der Waals surface area contributed by atoms with Gasteiger partial charge in [0.25, 0.3) is 5.91 Å². The van der Waals surface area contributed by atoms with Crippen molar-refractivity contribution in [3.63, 3.8) is 0 Å². The standard InChI is InChI=1S/C11H16BrN3O/c12-7-5-10(14-6-7)11(16)15-9-3-1-8(13)2-4-9/h5-6,8-9,14H,1-4,13H2,(H,15,16). The average molecular weight is 286 g/mol. The van der Waals surface area contributed by atoms with Gasteiger partial charge in [-0.1, -0.05) is 0 Å². The fourth-order valence-corrected chi connectivity index (χ4v) is 2.37. The smallest absolute Gasteiger partial charge is 0.267 e. The molecule has 0 aromatic carbocycles. The van der Waals surface area contributed by atoms with Crippen molar-refractivity contribution in [3.8, 4) is 0 Å². The molecule has 1 fully saturated rings. The highest BCUT2D eigenvalue weighted by Crippen LogP contribution is 2.17. The summed E-state index contributed by atoms with van der Waals surface area (Å²) in [4.78, 5) is 14.7. The monoisotopic (exact) mass is 285 g/mol. The summed E-state index contributed by atoms with van der Waals surface area (Å²) in [7, 11) is 0. The minimum atomic E-state index is -0.0360. The quantitative estimate of drug-likeness (QED) is 0.775. The van der Waals surface area contributed by atoms with Gasteiger partial charge in [-0.2, -0.15) is 0 Å². The maximum Gasteiger partial charge on any atom is 0.267 e. The Balaban J connectivity index is 1.88. The zero-order valence-electron chi connectivity index (χ0n) is 9.00. The number of nitrogens with two attached hydrogens (primary N) is 1. The highest BCUT2D eigenvalue weighted by molar-refractivity contribution is 9.10. The molecule has 2 rings (SSSR count). The van der Waals surface area contributed by atoms with Crippen molar-refractivity contribution in [2.75, 3.05) is 0 Å². The van der Waals surface area contributed by atoms with Crippen molar-refractivity contribution in [1.29, 1.82) is 0 Å². The minimum absolute atomic E-state index is 0.0360. The van der Waals surface area contributed by atoms with E-state index in [1.807, 2.05) is 0 Å². The van der Waals surface area contributed by atoms with E-state index in [0.717, 1.165) is 30.2 Å². The lowest BCUT2D eigenvalue weighted by molar-refractivity contribution is 0.0921. The number of aromatic amines is 1. The van der Waals surface area contributed by atoms with Crippen LogP contribution in [0.1, 0.15) is 36.2 Å². The molecule has 0 spiro atoms. The van der Waals surface area contributed by atoms with Crippen LogP contribution in [0.15, 0.2) is 16.7 Å². The molecule has 4 N–H and O–H groups in total. The SMILES string of the molecule is NC1CCC(NC(=O)c2cc(Br)c[nH]2)CC1. The Morgan fingerprint density at radius 2 is 2.12 bits per heavy atom. The van der Waals surface area contributed by atoms with Crippen LogP contribution in [-0.2, 0) is 0 Å². The molecule has 16 heavy (non-hydrogen) atoms. The van der Waals surface area contributed by atoms with Gasteiger partial charge in [0.15, 0.2) is 0 Å². The van der Waals surface area contributed by atoms with E-state index in [4.69, 9.17) is 5.73 Å². The van der Waals surface area contributed by atoms with E-state index in [1.165, 1.54) is 0 Å². The van der Waals surface area contributed by atoms with Gasteiger partial charge < -0.3 is 16.0 Å². The summed E-state index contributed by atoms with van der Waals surface area (Å²) in [5.41, 5.74) is 6.42. The molecule has 0 saturated heterocycles. The highest BCUT2D eigenvalue weighted by atomic mass is 79.9. The molecule has 1 aliphatic carbocycles. The molecule has 0 radical (unpaired) electrons. The highest BCUT2D eigenvalue weighted by Gasteiger charge is 2.20. The summed E-state index contributed by atoms with van der Waals surface area (Å²) in [5.74, 6) is -0.0360. The fraction of sp³-hybridized carbons (Fsp3) is 0.545. The van der Waals surface area contributed by atoms with Crippen LogP contribution in [0.3, 0.4) is 0 Å². The Bertz CT molecular complexity index is 369. The second-order valence-corrected chi connectivity index (χ2v) is 5.23. The van der Waals surface area contributed by atoms with E-state index in [0.29, 0.717) is 11.7 Å².